The van der Waals surface area contributed by atoms with Crippen molar-refractivity contribution in [2.75, 3.05) is 0 Å². The van der Waals surface area contributed by atoms with Crippen LogP contribution >= 0.6 is 0 Å². The van der Waals surface area contributed by atoms with Crippen LogP contribution in [-0.2, 0) is 10.3 Å². The number of hydrogen-bond donors (Lipinski definition) is 1. The van der Waals surface area contributed by atoms with Crippen LogP contribution in [-0.4, -0.2) is 20.9 Å². The molecule has 88 valence electrons. The zero-order valence-electron chi connectivity index (χ0n) is 10.1. The predicted octanol–water partition coefficient (Wildman–Crippen LogP) is 2.16. The fourth-order valence-electron chi connectivity index (χ4n) is 2.61. The summed E-state index contributed by atoms with van der Waals surface area (Å²) in [6.45, 7) is 5.89. The molecule has 0 bridgehead atoms. The van der Waals surface area contributed by atoms with Gasteiger partial charge in [-0.2, -0.15) is 5.10 Å². The molecule has 1 heterocycles. The van der Waals surface area contributed by atoms with Gasteiger partial charge in [0, 0.05) is 5.69 Å². The Labute approximate surface area is 95.3 Å². The lowest BCUT2D eigenvalue weighted by atomic mass is 9.97. The number of aromatic nitrogens is 2. The second-order valence-corrected chi connectivity index (χ2v) is 4.75. The average Bonchev–Trinajstić information content (AvgIpc) is 2.80. The fraction of sp³-hybridized carbons (Fsp3) is 0.667. The smallest absolute Gasteiger partial charge is 0.331 e. The summed E-state index contributed by atoms with van der Waals surface area (Å²) >= 11 is 0. The quantitative estimate of drug-likeness (QED) is 0.834. The van der Waals surface area contributed by atoms with Crippen molar-refractivity contribution >= 4 is 5.97 Å². The van der Waals surface area contributed by atoms with Crippen LogP contribution < -0.4 is 0 Å². The minimum absolute atomic E-state index is 0.698. The number of hydrogen-bond acceptors (Lipinski definition) is 2. The molecule has 0 aromatic carbocycles. The van der Waals surface area contributed by atoms with Gasteiger partial charge in [0.1, 0.15) is 0 Å². The molecule has 1 saturated carbocycles. The Morgan fingerprint density at radius 2 is 1.88 bits per heavy atom. The molecular weight excluding hydrogens is 204 g/mol. The number of aryl methyl sites for hydroxylation is 1. The lowest BCUT2D eigenvalue weighted by Crippen LogP contribution is -2.40. The van der Waals surface area contributed by atoms with Gasteiger partial charge in [-0.15, -0.1) is 0 Å². The molecule has 1 aliphatic rings. The van der Waals surface area contributed by atoms with E-state index in [9.17, 15) is 9.90 Å². The zero-order valence-corrected chi connectivity index (χ0v) is 10.1. The summed E-state index contributed by atoms with van der Waals surface area (Å²) in [7, 11) is 0. The molecule has 2 rings (SSSR count). The molecule has 1 fully saturated rings. The van der Waals surface area contributed by atoms with Crippen LogP contribution in [0.4, 0.5) is 0 Å². The third-order valence-corrected chi connectivity index (χ3v) is 3.89. The summed E-state index contributed by atoms with van der Waals surface area (Å²) in [6.07, 6.45) is 3.35. The Bertz CT molecular complexity index is 428. The highest BCUT2D eigenvalue weighted by Crippen LogP contribution is 2.38. The molecule has 0 spiro atoms. The van der Waals surface area contributed by atoms with Crippen molar-refractivity contribution in [3.05, 3.63) is 17.0 Å². The Morgan fingerprint density at radius 3 is 2.25 bits per heavy atom. The molecule has 0 radical (unpaired) electrons. The molecule has 16 heavy (non-hydrogen) atoms. The summed E-state index contributed by atoms with van der Waals surface area (Å²) in [4.78, 5) is 11.5. The number of rotatable bonds is 2. The van der Waals surface area contributed by atoms with Gasteiger partial charge in [0.25, 0.3) is 0 Å². The van der Waals surface area contributed by atoms with Gasteiger partial charge in [0.15, 0.2) is 5.54 Å². The summed E-state index contributed by atoms with van der Waals surface area (Å²) in [5.74, 6) is -0.740. The first-order valence-corrected chi connectivity index (χ1v) is 5.76. The van der Waals surface area contributed by atoms with Gasteiger partial charge >= 0.3 is 5.97 Å². The third kappa shape index (κ3) is 1.36. The largest absolute Gasteiger partial charge is 0.479 e. The van der Waals surface area contributed by atoms with Crippen molar-refractivity contribution in [2.45, 2.75) is 52.0 Å². The van der Waals surface area contributed by atoms with Crippen molar-refractivity contribution < 1.29 is 9.90 Å². The molecule has 0 unspecified atom stereocenters. The maximum Gasteiger partial charge on any atom is 0.331 e. The molecule has 0 atom stereocenters. The highest BCUT2D eigenvalue weighted by Gasteiger charge is 2.45. The number of nitrogens with zero attached hydrogens (tertiary/aromatic N) is 2. The second kappa shape index (κ2) is 3.61. The van der Waals surface area contributed by atoms with Gasteiger partial charge in [0.2, 0.25) is 0 Å². The molecule has 1 N–H and O–H groups in total. The van der Waals surface area contributed by atoms with E-state index in [1.54, 1.807) is 4.68 Å². The number of carboxylic acid groups (broad SMARTS) is 1. The number of carbonyl (C=O) groups is 1. The first-order chi connectivity index (χ1) is 7.49. The Morgan fingerprint density at radius 1 is 1.31 bits per heavy atom. The maximum absolute atomic E-state index is 11.5. The summed E-state index contributed by atoms with van der Waals surface area (Å²) in [5, 5.41) is 13.9. The first-order valence-electron chi connectivity index (χ1n) is 5.76. The van der Waals surface area contributed by atoms with Gasteiger partial charge in [-0.05, 0) is 39.2 Å². The van der Waals surface area contributed by atoms with E-state index < -0.39 is 11.5 Å². The molecule has 4 nitrogen and oxygen atoms in total. The van der Waals surface area contributed by atoms with Gasteiger partial charge < -0.3 is 5.11 Å². The van der Waals surface area contributed by atoms with Crippen LogP contribution in [0.15, 0.2) is 0 Å². The molecule has 0 amide bonds. The van der Waals surface area contributed by atoms with Crippen molar-refractivity contribution in [2.24, 2.45) is 0 Å². The first kappa shape index (κ1) is 11.2. The topological polar surface area (TPSA) is 55.1 Å². The Balaban J connectivity index is 2.56. The van der Waals surface area contributed by atoms with E-state index in [1.165, 1.54) is 0 Å². The molecule has 4 heteroatoms. The van der Waals surface area contributed by atoms with E-state index >= 15 is 0 Å². The summed E-state index contributed by atoms with van der Waals surface area (Å²) in [5.41, 5.74) is 2.24. The van der Waals surface area contributed by atoms with E-state index in [1.807, 2.05) is 20.8 Å². The predicted molar refractivity (Wildman–Crippen MR) is 60.5 cm³/mol. The van der Waals surface area contributed by atoms with Gasteiger partial charge in [-0.25, -0.2) is 4.79 Å². The molecule has 1 aromatic heterocycles. The van der Waals surface area contributed by atoms with E-state index in [2.05, 4.69) is 5.10 Å². The van der Waals surface area contributed by atoms with Gasteiger partial charge in [-0.3, -0.25) is 4.68 Å². The van der Waals surface area contributed by atoms with Crippen LogP contribution in [0.3, 0.4) is 0 Å². The van der Waals surface area contributed by atoms with Crippen molar-refractivity contribution in [3.8, 4) is 0 Å². The highest BCUT2D eigenvalue weighted by molar-refractivity contribution is 5.77. The SMILES string of the molecule is Cc1nn(C2(C(=O)O)CCCC2)c(C)c1C. The normalized spacial score (nSPS) is 18.9. The van der Waals surface area contributed by atoms with Gasteiger partial charge in [0.05, 0.1) is 5.69 Å². The molecular formula is C12H18N2O2. The monoisotopic (exact) mass is 222 g/mol. The van der Waals surface area contributed by atoms with Gasteiger partial charge in [-0.1, -0.05) is 12.8 Å². The number of aliphatic carboxylic acids is 1. The zero-order chi connectivity index (χ0) is 11.9. The lowest BCUT2D eigenvalue weighted by molar-refractivity contribution is -0.148. The van der Waals surface area contributed by atoms with Crippen LogP contribution in [0, 0.1) is 20.8 Å². The molecule has 0 aliphatic heterocycles. The third-order valence-electron chi connectivity index (χ3n) is 3.89. The lowest BCUT2D eigenvalue weighted by Gasteiger charge is -2.26. The van der Waals surface area contributed by atoms with Crippen LogP contribution in [0.5, 0.6) is 0 Å². The van der Waals surface area contributed by atoms with Crippen LogP contribution in [0.25, 0.3) is 0 Å². The highest BCUT2D eigenvalue weighted by atomic mass is 16.4. The minimum Gasteiger partial charge on any atom is -0.479 e. The van der Waals surface area contributed by atoms with Crippen molar-refractivity contribution in [1.82, 2.24) is 9.78 Å². The van der Waals surface area contributed by atoms with E-state index in [0.717, 1.165) is 29.8 Å². The number of carboxylic acids is 1. The van der Waals surface area contributed by atoms with Crippen molar-refractivity contribution in [1.29, 1.82) is 0 Å². The average molecular weight is 222 g/mol. The maximum atomic E-state index is 11.5. The van der Waals surface area contributed by atoms with E-state index in [0.29, 0.717) is 12.8 Å². The summed E-state index contributed by atoms with van der Waals surface area (Å²) in [6, 6.07) is 0. The molecule has 1 aliphatic carbocycles. The fourth-order valence-corrected chi connectivity index (χ4v) is 2.61. The summed E-state index contributed by atoms with van der Waals surface area (Å²) < 4.78 is 1.74. The minimum atomic E-state index is -0.789. The van der Waals surface area contributed by atoms with Crippen LogP contribution in [0.2, 0.25) is 0 Å². The van der Waals surface area contributed by atoms with Crippen molar-refractivity contribution in [3.63, 3.8) is 0 Å². The standard InChI is InChI=1S/C12H18N2O2/c1-8-9(2)13-14(10(8)3)12(11(15)16)6-4-5-7-12/h4-7H2,1-3H3,(H,15,16). The van der Waals surface area contributed by atoms with Crippen LogP contribution in [0.1, 0.15) is 42.6 Å². The van der Waals surface area contributed by atoms with E-state index in [4.69, 9.17) is 0 Å². The Kier molecular flexibility index (Phi) is 2.52. The Hall–Kier alpha value is -1.32. The molecule has 0 saturated heterocycles. The molecule has 1 aromatic rings. The van der Waals surface area contributed by atoms with E-state index in [-0.39, 0.29) is 0 Å². The second-order valence-electron chi connectivity index (χ2n) is 4.75.